The van der Waals surface area contributed by atoms with Gasteiger partial charge in [-0.25, -0.2) is 0 Å². The minimum absolute atomic E-state index is 0.0797. The largest absolute Gasteiger partial charge is 0.507 e. The predicted molar refractivity (Wildman–Crippen MR) is 128 cm³/mol. The summed E-state index contributed by atoms with van der Waals surface area (Å²) in [6.07, 6.45) is 0.563. The Kier molecular flexibility index (Phi) is 7.28. The summed E-state index contributed by atoms with van der Waals surface area (Å²) < 4.78 is 10.7. The number of aryl methyl sites for hydroxylation is 1. The average Bonchev–Trinajstić information content (AvgIpc) is 3.03. The van der Waals surface area contributed by atoms with Crippen molar-refractivity contribution in [3.8, 4) is 5.75 Å². The summed E-state index contributed by atoms with van der Waals surface area (Å²) in [6, 6.07) is 12.4. The lowest BCUT2D eigenvalue weighted by molar-refractivity contribution is -0.140. The van der Waals surface area contributed by atoms with Crippen LogP contribution < -0.4 is 4.74 Å². The first-order valence-corrected chi connectivity index (χ1v) is 11.1. The number of nitrogens with zero attached hydrogens (tertiary/aromatic N) is 1. The lowest BCUT2D eigenvalue weighted by atomic mass is 9.84. The van der Waals surface area contributed by atoms with Gasteiger partial charge in [0.25, 0.3) is 11.7 Å². The van der Waals surface area contributed by atoms with Gasteiger partial charge in [-0.2, -0.15) is 0 Å². The summed E-state index contributed by atoms with van der Waals surface area (Å²) in [4.78, 5) is 27.9. The van der Waals surface area contributed by atoms with Crippen molar-refractivity contribution in [1.29, 1.82) is 0 Å². The van der Waals surface area contributed by atoms with E-state index in [-0.39, 0.29) is 16.7 Å². The molecule has 1 amide bonds. The van der Waals surface area contributed by atoms with Crippen molar-refractivity contribution in [2.75, 3.05) is 27.4 Å². The number of rotatable bonds is 7. The van der Waals surface area contributed by atoms with Crippen LogP contribution in [0.25, 0.3) is 5.76 Å². The molecule has 1 atom stereocenters. The third kappa shape index (κ3) is 4.81. The Morgan fingerprint density at radius 1 is 1.09 bits per heavy atom. The molecule has 0 radical (unpaired) electrons. The molecule has 0 spiro atoms. The van der Waals surface area contributed by atoms with Crippen molar-refractivity contribution in [3.05, 3.63) is 70.3 Å². The number of likely N-dealkylation sites (tertiary alicyclic amines) is 1. The first kappa shape index (κ1) is 24.5. The number of Topliss-reactive ketones (excluding diaryl/α,β-unsaturated/α-hetero) is 1. The normalized spacial score (nSPS) is 18.1. The Labute approximate surface area is 195 Å². The van der Waals surface area contributed by atoms with Gasteiger partial charge in [-0.15, -0.1) is 0 Å². The number of amides is 1. The minimum atomic E-state index is -0.754. The van der Waals surface area contributed by atoms with Gasteiger partial charge in [0.15, 0.2) is 0 Å². The van der Waals surface area contributed by atoms with E-state index in [1.54, 1.807) is 20.3 Å². The summed E-state index contributed by atoms with van der Waals surface area (Å²) in [6.45, 7) is 8.92. The Bertz CT molecular complexity index is 1080. The van der Waals surface area contributed by atoms with E-state index in [0.29, 0.717) is 36.4 Å². The van der Waals surface area contributed by atoms with Gasteiger partial charge in [0.05, 0.1) is 18.7 Å². The molecule has 1 aliphatic rings. The second kappa shape index (κ2) is 9.79. The Hall–Kier alpha value is -3.12. The highest BCUT2D eigenvalue weighted by atomic mass is 16.5. The highest BCUT2D eigenvalue weighted by Gasteiger charge is 2.46. The summed E-state index contributed by atoms with van der Waals surface area (Å²) in [5, 5.41) is 11.5. The molecule has 1 saturated heterocycles. The molecule has 0 bridgehead atoms. The van der Waals surface area contributed by atoms with Gasteiger partial charge in [-0.3, -0.25) is 9.59 Å². The SMILES string of the molecule is COCCCN1C(=O)C(=O)/C(=C(/O)c2cc(C(C)(C)C)ccc2C)C1c1ccccc1OC. The van der Waals surface area contributed by atoms with Gasteiger partial charge in [0, 0.05) is 31.4 Å². The number of para-hydroxylation sites is 1. The average molecular weight is 452 g/mol. The monoisotopic (exact) mass is 451 g/mol. The van der Waals surface area contributed by atoms with Gasteiger partial charge >= 0.3 is 0 Å². The maximum atomic E-state index is 13.3. The summed E-state index contributed by atoms with van der Waals surface area (Å²) >= 11 is 0. The lowest BCUT2D eigenvalue weighted by Crippen LogP contribution is -2.31. The molecular weight excluding hydrogens is 418 g/mol. The summed E-state index contributed by atoms with van der Waals surface area (Å²) in [5.74, 6) is -0.941. The van der Waals surface area contributed by atoms with E-state index in [2.05, 4.69) is 20.8 Å². The van der Waals surface area contributed by atoms with Gasteiger partial charge in [0.1, 0.15) is 11.5 Å². The topological polar surface area (TPSA) is 76.1 Å². The van der Waals surface area contributed by atoms with Crippen molar-refractivity contribution in [1.82, 2.24) is 4.90 Å². The van der Waals surface area contributed by atoms with Gasteiger partial charge in [-0.1, -0.05) is 51.1 Å². The van der Waals surface area contributed by atoms with E-state index in [1.807, 2.05) is 43.3 Å². The number of methoxy groups -OCH3 is 2. The van der Waals surface area contributed by atoms with Crippen LogP contribution in [-0.2, 0) is 19.7 Å². The Morgan fingerprint density at radius 2 is 1.79 bits per heavy atom. The smallest absolute Gasteiger partial charge is 0.295 e. The van der Waals surface area contributed by atoms with Crippen LogP contribution in [0.4, 0.5) is 0 Å². The number of ketones is 1. The van der Waals surface area contributed by atoms with E-state index in [1.165, 1.54) is 4.90 Å². The number of benzene rings is 2. The number of ether oxygens (including phenoxy) is 2. The van der Waals surface area contributed by atoms with E-state index < -0.39 is 17.7 Å². The molecule has 6 nitrogen and oxygen atoms in total. The van der Waals surface area contributed by atoms with Crippen LogP contribution in [0.3, 0.4) is 0 Å². The van der Waals surface area contributed by atoms with E-state index >= 15 is 0 Å². The zero-order valence-corrected chi connectivity index (χ0v) is 20.3. The number of aliphatic hydroxyl groups excluding tert-OH is 1. The first-order valence-electron chi connectivity index (χ1n) is 11.1. The molecule has 1 heterocycles. The van der Waals surface area contributed by atoms with E-state index in [4.69, 9.17) is 9.47 Å². The molecule has 2 aromatic carbocycles. The predicted octanol–water partition coefficient (Wildman–Crippen LogP) is 4.76. The fourth-order valence-corrected chi connectivity index (χ4v) is 4.19. The fraction of sp³-hybridized carbons (Fsp3) is 0.407. The van der Waals surface area contributed by atoms with Crippen LogP contribution in [-0.4, -0.2) is 49.1 Å². The third-order valence-corrected chi connectivity index (χ3v) is 6.08. The Morgan fingerprint density at radius 3 is 2.42 bits per heavy atom. The number of hydrogen-bond acceptors (Lipinski definition) is 5. The number of aliphatic hydroxyl groups is 1. The molecule has 0 aromatic heterocycles. The molecule has 176 valence electrons. The van der Waals surface area contributed by atoms with Crippen molar-refractivity contribution in [2.24, 2.45) is 0 Å². The first-order chi connectivity index (χ1) is 15.6. The quantitative estimate of drug-likeness (QED) is 0.284. The van der Waals surface area contributed by atoms with Gasteiger partial charge < -0.3 is 19.5 Å². The maximum absolute atomic E-state index is 13.3. The maximum Gasteiger partial charge on any atom is 0.295 e. The van der Waals surface area contributed by atoms with Crippen LogP contribution in [0.1, 0.15) is 55.5 Å². The van der Waals surface area contributed by atoms with Gasteiger partial charge in [-0.05, 0) is 42.0 Å². The molecule has 2 aromatic rings. The Balaban J connectivity index is 2.24. The third-order valence-electron chi connectivity index (χ3n) is 6.08. The molecule has 1 aliphatic heterocycles. The molecule has 6 heteroatoms. The molecular formula is C27H33NO5. The summed E-state index contributed by atoms with van der Waals surface area (Å²) in [5.41, 5.74) is 3.00. The lowest BCUT2D eigenvalue weighted by Gasteiger charge is -2.27. The molecule has 0 aliphatic carbocycles. The van der Waals surface area contributed by atoms with Crippen LogP contribution in [0.15, 0.2) is 48.0 Å². The molecule has 33 heavy (non-hydrogen) atoms. The number of carbonyl (C=O) groups excluding carboxylic acids is 2. The van der Waals surface area contributed by atoms with E-state index in [9.17, 15) is 14.7 Å². The standard InChI is InChI=1S/C27H33NO5/c1-17-12-13-18(27(2,3)4)16-20(17)24(29)22-23(19-10-7-8-11-21(19)33-6)28(14-9-15-32-5)26(31)25(22)30/h7-8,10-13,16,23,29H,9,14-15H2,1-6H3/b24-22+. The van der Waals surface area contributed by atoms with Crippen molar-refractivity contribution < 1.29 is 24.2 Å². The fourth-order valence-electron chi connectivity index (χ4n) is 4.19. The van der Waals surface area contributed by atoms with Crippen molar-refractivity contribution in [2.45, 2.75) is 45.6 Å². The zero-order valence-electron chi connectivity index (χ0n) is 20.3. The van der Waals surface area contributed by atoms with Crippen molar-refractivity contribution in [3.63, 3.8) is 0 Å². The number of hydrogen-bond donors (Lipinski definition) is 1. The van der Waals surface area contributed by atoms with Crippen LogP contribution in [0.2, 0.25) is 0 Å². The molecule has 1 unspecified atom stereocenters. The molecule has 1 N–H and O–H groups in total. The number of carbonyl (C=O) groups is 2. The molecule has 3 rings (SSSR count). The van der Waals surface area contributed by atoms with Gasteiger partial charge in [0.2, 0.25) is 0 Å². The van der Waals surface area contributed by atoms with Crippen molar-refractivity contribution >= 4 is 17.4 Å². The van der Waals surface area contributed by atoms with E-state index in [0.717, 1.165) is 11.1 Å². The zero-order chi connectivity index (χ0) is 24.3. The highest BCUT2D eigenvalue weighted by molar-refractivity contribution is 6.46. The molecule has 1 fully saturated rings. The summed E-state index contributed by atoms with van der Waals surface area (Å²) in [7, 11) is 3.14. The van der Waals surface area contributed by atoms with Crippen LogP contribution >= 0.6 is 0 Å². The highest BCUT2D eigenvalue weighted by Crippen LogP contribution is 2.43. The second-order valence-corrected chi connectivity index (χ2v) is 9.36. The minimum Gasteiger partial charge on any atom is -0.507 e. The molecule has 0 saturated carbocycles. The second-order valence-electron chi connectivity index (χ2n) is 9.36. The van der Waals surface area contributed by atoms with Crippen LogP contribution in [0.5, 0.6) is 5.75 Å². The van der Waals surface area contributed by atoms with Crippen LogP contribution in [0, 0.1) is 6.92 Å².